The fraction of sp³-hybridized carbons (Fsp3) is 0.435. The third-order valence-electron chi connectivity index (χ3n) is 5.70. The SMILES string of the molecule is CC1CCN(c2ccc([C@H](C)NC(=O)[C@H]3COc4ccccc4O3)cc2)CC1. The summed E-state index contributed by atoms with van der Waals surface area (Å²) < 4.78 is 11.4. The molecule has 0 aromatic heterocycles. The molecule has 0 spiro atoms. The minimum Gasteiger partial charge on any atom is -0.485 e. The Hall–Kier alpha value is -2.69. The lowest BCUT2D eigenvalue weighted by Gasteiger charge is -2.32. The van der Waals surface area contributed by atoms with E-state index in [0.29, 0.717) is 11.5 Å². The van der Waals surface area contributed by atoms with Gasteiger partial charge in [0.1, 0.15) is 6.61 Å². The molecule has 1 N–H and O–H groups in total. The van der Waals surface area contributed by atoms with E-state index in [-0.39, 0.29) is 18.6 Å². The van der Waals surface area contributed by atoms with E-state index in [1.165, 1.54) is 18.5 Å². The van der Waals surface area contributed by atoms with Gasteiger partial charge in [-0.15, -0.1) is 0 Å². The van der Waals surface area contributed by atoms with Crippen molar-refractivity contribution in [3.63, 3.8) is 0 Å². The van der Waals surface area contributed by atoms with Crippen LogP contribution >= 0.6 is 0 Å². The van der Waals surface area contributed by atoms with Crippen LogP contribution in [0, 0.1) is 5.92 Å². The number of anilines is 1. The van der Waals surface area contributed by atoms with Crippen LogP contribution in [0.1, 0.15) is 38.3 Å². The number of benzene rings is 2. The maximum Gasteiger partial charge on any atom is 0.265 e. The van der Waals surface area contributed by atoms with Crippen LogP contribution in [-0.4, -0.2) is 31.7 Å². The highest BCUT2D eigenvalue weighted by Gasteiger charge is 2.28. The highest BCUT2D eigenvalue weighted by atomic mass is 16.6. The number of para-hydroxylation sites is 2. The van der Waals surface area contributed by atoms with E-state index in [1.807, 2.05) is 31.2 Å². The number of carbonyl (C=O) groups excluding carboxylic acids is 1. The number of ether oxygens (including phenoxy) is 2. The summed E-state index contributed by atoms with van der Waals surface area (Å²) in [6.07, 6.45) is 1.87. The zero-order valence-electron chi connectivity index (χ0n) is 16.6. The second-order valence-electron chi connectivity index (χ2n) is 7.86. The lowest BCUT2D eigenvalue weighted by Crippen LogP contribution is -2.44. The highest BCUT2D eigenvalue weighted by molar-refractivity contribution is 5.82. The molecule has 2 aromatic rings. The first kappa shape index (κ1) is 18.7. The fourth-order valence-corrected chi connectivity index (χ4v) is 3.78. The van der Waals surface area contributed by atoms with Gasteiger partial charge in [0.05, 0.1) is 6.04 Å². The molecule has 1 saturated heterocycles. The number of hydrogen-bond acceptors (Lipinski definition) is 4. The number of hydrogen-bond donors (Lipinski definition) is 1. The molecular weight excluding hydrogens is 352 g/mol. The van der Waals surface area contributed by atoms with Crippen molar-refractivity contribution < 1.29 is 14.3 Å². The first-order valence-corrected chi connectivity index (χ1v) is 10.1. The summed E-state index contributed by atoms with van der Waals surface area (Å²) in [5.41, 5.74) is 2.34. The summed E-state index contributed by atoms with van der Waals surface area (Å²) in [7, 11) is 0. The molecule has 0 radical (unpaired) electrons. The quantitative estimate of drug-likeness (QED) is 0.873. The van der Waals surface area contributed by atoms with Crippen molar-refractivity contribution in [3.05, 3.63) is 54.1 Å². The third-order valence-corrected chi connectivity index (χ3v) is 5.70. The molecule has 0 unspecified atom stereocenters. The average molecular weight is 380 g/mol. The van der Waals surface area contributed by atoms with Gasteiger partial charge in [-0.3, -0.25) is 4.79 Å². The van der Waals surface area contributed by atoms with Gasteiger partial charge < -0.3 is 19.7 Å². The minimum absolute atomic E-state index is 0.0938. The molecule has 0 saturated carbocycles. The summed E-state index contributed by atoms with van der Waals surface area (Å²) in [6.45, 7) is 6.78. The topological polar surface area (TPSA) is 50.8 Å². The van der Waals surface area contributed by atoms with Crippen molar-refractivity contribution >= 4 is 11.6 Å². The summed E-state index contributed by atoms with van der Waals surface area (Å²) in [6, 6.07) is 15.8. The Morgan fingerprint density at radius 3 is 2.46 bits per heavy atom. The van der Waals surface area contributed by atoms with Gasteiger partial charge in [-0.25, -0.2) is 0 Å². The Bertz CT molecular complexity index is 813. The number of piperidine rings is 1. The van der Waals surface area contributed by atoms with E-state index in [2.05, 4.69) is 41.4 Å². The Balaban J connectivity index is 1.34. The molecule has 28 heavy (non-hydrogen) atoms. The van der Waals surface area contributed by atoms with E-state index < -0.39 is 6.10 Å². The van der Waals surface area contributed by atoms with Crippen LogP contribution in [-0.2, 0) is 4.79 Å². The summed E-state index contributed by atoms with van der Waals surface area (Å²) in [5.74, 6) is 1.96. The standard InChI is InChI=1S/C23H28N2O3/c1-16-11-13-25(14-12-16)19-9-7-18(8-10-19)17(2)24-23(26)22-15-27-20-5-3-4-6-21(20)28-22/h3-10,16-17,22H,11-15H2,1-2H3,(H,24,26)/t17-,22+/m0/s1. The van der Waals surface area contributed by atoms with Crippen LogP contribution in [0.2, 0.25) is 0 Å². The van der Waals surface area contributed by atoms with Crippen LogP contribution in [0.4, 0.5) is 5.69 Å². The van der Waals surface area contributed by atoms with Crippen LogP contribution in [0.25, 0.3) is 0 Å². The maximum absolute atomic E-state index is 12.6. The second kappa shape index (κ2) is 8.13. The predicted molar refractivity (Wildman–Crippen MR) is 110 cm³/mol. The summed E-state index contributed by atoms with van der Waals surface area (Å²) >= 11 is 0. The van der Waals surface area contributed by atoms with Gasteiger partial charge in [0.25, 0.3) is 5.91 Å². The number of nitrogens with one attached hydrogen (secondary N) is 1. The third kappa shape index (κ3) is 4.08. The van der Waals surface area contributed by atoms with Gasteiger partial charge in [-0.2, -0.15) is 0 Å². The van der Waals surface area contributed by atoms with Crippen molar-refractivity contribution in [2.24, 2.45) is 5.92 Å². The van der Waals surface area contributed by atoms with Crippen molar-refractivity contribution in [2.45, 2.75) is 38.8 Å². The van der Waals surface area contributed by atoms with Gasteiger partial charge >= 0.3 is 0 Å². The fourth-order valence-electron chi connectivity index (χ4n) is 3.78. The largest absolute Gasteiger partial charge is 0.485 e. The first-order valence-electron chi connectivity index (χ1n) is 10.1. The van der Waals surface area contributed by atoms with Crippen molar-refractivity contribution in [1.29, 1.82) is 0 Å². The summed E-state index contributed by atoms with van der Waals surface area (Å²) in [4.78, 5) is 15.1. The molecule has 1 amide bonds. The molecule has 4 rings (SSSR count). The molecule has 2 atom stereocenters. The predicted octanol–water partition coefficient (Wildman–Crippen LogP) is 3.94. The van der Waals surface area contributed by atoms with Crippen LogP contribution in [0.5, 0.6) is 11.5 Å². The van der Waals surface area contributed by atoms with Crippen LogP contribution in [0.3, 0.4) is 0 Å². The molecule has 2 aromatic carbocycles. The number of fused-ring (bicyclic) bond motifs is 1. The van der Waals surface area contributed by atoms with Crippen LogP contribution in [0.15, 0.2) is 48.5 Å². The number of nitrogens with zero attached hydrogens (tertiary/aromatic N) is 1. The Morgan fingerprint density at radius 1 is 1.07 bits per heavy atom. The molecule has 148 valence electrons. The lowest BCUT2D eigenvalue weighted by atomic mass is 9.98. The normalized spacial score (nSPS) is 20.5. The number of carbonyl (C=O) groups is 1. The van der Waals surface area contributed by atoms with Gasteiger partial charge in [-0.1, -0.05) is 31.2 Å². The maximum atomic E-state index is 12.6. The van der Waals surface area contributed by atoms with Crippen molar-refractivity contribution in [1.82, 2.24) is 5.32 Å². The Morgan fingerprint density at radius 2 is 1.75 bits per heavy atom. The summed E-state index contributed by atoms with van der Waals surface area (Å²) in [5, 5.41) is 3.04. The zero-order valence-corrected chi connectivity index (χ0v) is 16.6. The van der Waals surface area contributed by atoms with E-state index in [1.54, 1.807) is 0 Å². The van der Waals surface area contributed by atoms with E-state index in [0.717, 1.165) is 24.6 Å². The molecule has 5 nitrogen and oxygen atoms in total. The van der Waals surface area contributed by atoms with Gasteiger partial charge in [0, 0.05) is 18.8 Å². The Kier molecular flexibility index (Phi) is 5.42. The Labute approximate surface area is 166 Å². The van der Waals surface area contributed by atoms with Gasteiger partial charge in [0.15, 0.2) is 11.5 Å². The average Bonchev–Trinajstić information content (AvgIpc) is 2.74. The highest BCUT2D eigenvalue weighted by Crippen LogP contribution is 2.31. The monoisotopic (exact) mass is 380 g/mol. The number of amides is 1. The van der Waals surface area contributed by atoms with E-state index >= 15 is 0 Å². The molecule has 2 aliphatic rings. The van der Waals surface area contributed by atoms with Crippen molar-refractivity contribution in [3.8, 4) is 11.5 Å². The second-order valence-corrected chi connectivity index (χ2v) is 7.86. The lowest BCUT2D eigenvalue weighted by molar-refractivity contribution is -0.131. The van der Waals surface area contributed by atoms with E-state index in [4.69, 9.17) is 9.47 Å². The molecule has 5 heteroatoms. The van der Waals surface area contributed by atoms with Gasteiger partial charge in [0.2, 0.25) is 6.10 Å². The minimum atomic E-state index is -0.632. The van der Waals surface area contributed by atoms with Crippen LogP contribution < -0.4 is 19.7 Å². The zero-order chi connectivity index (χ0) is 19.5. The van der Waals surface area contributed by atoms with E-state index in [9.17, 15) is 4.79 Å². The first-order chi connectivity index (χ1) is 13.6. The van der Waals surface area contributed by atoms with Crippen molar-refractivity contribution in [2.75, 3.05) is 24.6 Å². The molecule has 0 aliphatic carbocycles. The van der Waals surface area contributed by atoms with Gasteiger partial charge in [-0.05, 0) is 55.5 Å². The molecule has 0 bridgehead atoms. The smallest absolute Gasteiger partial charge is 0.265 e. The molecule has 2 aliphatic heterocycles. The molecule has 1 fully saturated rings. The number of rotatable bonds is 4. The molecular formula is C23H28N2O3. The molecule has 2 heterocycles.